The number of carboxylic acid groups (broad SMARTS) is 1. The minimum absolute atomic E-state index is 0.0344. The van der Waals surface area contributed by atoms with Gasteiger partial charge in [0.05, 0.1) is 0 Å². The van der Waals surface area contributed by atoms with Gasteiger partial charge in [0, 0.05) is 44.6 Å². The molecular weight excluding hydrogens is 753 g/mol. The van der Waals surface area contributed by atoms with E-state index in [0.29, 0.717) is 11.3 Å². The van der Waals surface area contributed by atoms with Crippen LogP contribution >= 0.6 is 11.3 Å². The Labute approximate surface area is 320 Å². The van der Waals surface area contributed by atoms with E-state index in [-0.39, 0.29) is 82.1 Å². The third-order valence-corrected chi connectivity index (χ3v) is 7.70. The second-order valence-corrected chi connectivity index (χ2v) is 14.9. The SMILES string of the molecule is CC(C)(C)OC(=O)NCCCN(CCCNC(=O)OC(C)(C)C)C(=NC(=O)C(F)(F)F)N1Cc2ccc(OCCO/N=C(\C(=O)O)c3csc(N)n3)cc2C1. The normalized spacial score (nSPS) is 13.5. The lowest BCUT2D eigenvalue weighted by Gasteiger charge is -2.32. The molecule has 1 aliphatic rings. The van der Waals surface area contributed by atoms with Crippen molar-refractivity contribution in [2.45, 2.75) is 84.9 Å². The van der Waals surface area contributed by atoms with E-state index in [4.69, 9.17) is 24.8 Å². The number of aliphatic imine (C=N–C) groups is 1. The van der Waals surface area contributed by atoms with Crippen LogP contribution in [0.1, 0.15) is 71.2 Å². The van der Waals surface area contributed by atoms with Gasteiger partial charge >= 0.3 is 30.2 Å². The molecule has 0 radical (unpaired) electrons. The molecule has 0 unspecified atom stereocenters. The second kappa shape index (κ2) is 19.3. The Morgan fingerprint density at radius 1 is 0.945 bits per heavy atom. The van der Waals surface area contributed by atoms with E-state index in [1.807, 2.05) is 0 Å². The zero-order valence-corrected chi connectivity index (χ0v) is 32.3. The Bertz CT molecular complexity index is 1690. The van der Waals surface area contributed by atoms with Crippen molar-refractivity contribution < 1.29 is 56.5 Å². The van der Waals surface area contributed by atoms with Crippen LogP contribution in [0.4, 0.5) is 27.9 Å². The van der Waals surface area contributed by atoms with Crippen molar-refractivity contribution in [3.8, 4) is 5.75 Å². The third kappa shape index (κ3) is 15.5. The van der Waals surface area contributed by atoms with Crippen LogP contribution in [0.3, 0.4) is 0 Å². The Morgan fingerprint density at radius 3 is 2.04 bits per heavy atom. The van der Waals surface area contributed by atoms with Gasteiger partial charge in [0.2, 0.25) is 11.7 Å². The first-order chi connectivity index (χ1) is 25.6. The highest BCUT2D eigenvalue weighted by Gasteiger charge is 2.40. The maximum atomic E-state index is 13.6. The standard InChI is InChI=1S/C34H47F3N8O9S/c1-32(2,3)53-30(49)39-11-7-13-44(14-8-12-40-31(50)54-33(4,5)6)29(42-27(48)34(35,36)37)45-18-21-9-10-23(17-22(21)19-45)51-15-16-52-43-25(26(46)47)24-20-55-28(38)41-24/h9-10,17,20H,7-8,11-16,18-19H2,1-6H3,(H2,38,41)(H,39,49)(H,40,50)(H,46,47)/b42-29?,43-25-. The number of fused-ring (bicyclic) bond motifs is 1. The molecule has 17 nitrogen and oxygen atoms in total. The van der Waals surface area contributed by atoms with Crippen molar-refractivity contribution >= 4 is 52.2 Å². The van der Waals surface area contributed by atoms with Gasteiger partial charge in [-0.25, -0.2) is 19.4 Å². The minimum Gasteiger partial charge on any atom is -0.490 e. The van der Waals surface area contributed by atoms with E-state index in [9.17, 15) is 37.5 Å². The second-order valence-electron chi connectivity index (χ2n) is 14.1. The highest BCUT2D eigenvalue weighted by Crippen LogP contribution is 2.29. The van der Waals surface area contributed by atoms with Gasteiger partial charge in [-0.1, -0.05) is 11.2 Å². The summed E-state index contributed by atoms with van der Waals surface area (Å²) in [5.74, 6) is -3.50. The van der Waals surface area contributed by atoms with Crippen LogP contribution in [-0.4, -0.2) is 112 Å². The van der Waals surface area contributed by atoms with Crippen LogP contribution in [0.25, 0.3) is 0 Å². The first-order valence-corrected chi connectivity index (χ1v) is 18.0. The maximum Gasteiger partial charge on any atom is 0.473 e. The number of nitrogens with zero attached hydrogens (tertiary/aromatic N) is 5. The van der Waals surface area contributed by atoms with Crippen LogP contribution in [0, 0.1) is 0 Å². The van der Waals surface area contributed by atoms with E-state index in [0.717, 1.165) is 16.9 Å². The molecule has 1 aliphatic heterocycles. The molecule has 304 valence electrons. The topological polar surface area (TPSA) is 220 Å². The monoisotopic (exact) mass is 800 g/mol. The number of carboxylic acids is 1. The smallest absolute Gasteiger partial charge is 0.473 e. The highest BCUT2D eigenvalue weighted by atomic mass is 32.1. The summed E-state index contributed by atoms with van der Waals surface area (Å²) in [6, 6.07) is 5.05. The fourth-order valence-electron chi connectivity index (χ4n) is 4.86. The largest absolute Gasteiger partial charge is 0.490 e. The predicted octanol–water partition coefficient (Wildman–Crippen LogP) is 4.50. The number of hydrogen-bond acceptors (Lipinski definition) is 12. The number of nitrogens with two attached hydrogens (primary N) is 1. The number of carbonyl (C=O) groups is 4. The number of benzene rings is 1. The summed E-state index contributed by atoms with van der Waals surface area (Å²) < 4.78 is 57.0. The number of anilines is 1. The zero-order chi connectivity index (χ0) is 41.0. The summed E-state index contributed by atoms with van der Waals surface area (Å²) in [5, 5.41) is 19.8. The summed E-state index contributed by atoms with van der Waals surface area (Å²) in [6.07, 6.45) is -6.09. The lowest BCUT2D eigenvalue weighted by Crippen LogP contribution is -2.45. The van der Waals surface area contributed by atoms with Gasteiger partial charge in [-0.05, 0) is 77.6 Å². The van der Waals surface area contributed by atoms with Crippen LogP contribution in [0.2, 0.25) is 0 Å². The van der Waals surface area contributed by atoms with Crippen molar-refractivity contribution in [3.63, 3.8) is 0 Å². The fourth-order valence-corrected chi connectivity index (χ4v) is 5.41. The van der Waals surface area contributed by atoms with Gasteiger partial charge in [0.25, 0.3) is 0 Å². The molecule has 0 atom stereocenters. The van der Waals surface area contributed by atoms with Crippen molar-refractivity contribution in [1.29, 1.82) is 0 Å². The Balaban J connectivity index is 1.74. The number of thiazole rings is 1. The number of rotatable bonds is 15. The molecular formula is C34H47F3N8O9S. The van der Waals surface area contributed by atoms with Crippen molar-refractivity contribution in [1.82, 2.24) is 25.4 Å². The molecule has 55 heavy (non-hydrogen) atoms. The highest BCUT2D eigenvalue weighted by molar-refractivity contribution is 7.13. The van der Waals surface area contributed by atoms with E-state index in [1.165, 1.54) is 15.2 Å². The van der Waals surface area contributed by atoms with Crippen molar-refractivity contribution in [2.75, 3.05) is 45.1 Å². The van der Waals surface area contributed by atoms with Gasteiger partial charge in [0.15, 0.2) is 11.7 Å². The first kappa shape index (κ1) is 44.1. The van der Waals surface area contributed by atoms with Crippen LogP contribution < -0.4 is 21.1 Å². The van der Waals surface area contributed by atoms with Gasteiger partial charge in [-0.15, -0.1) is 11.3 Å². The first-order valence-electron chi connectivity index (χ1n) is 17.1. The zero-order valence-electron chi connectivity index (χ0n) is 31.4. The molecule has 1 aromatic carbocycles. The number of aromatic nitrogens is 1. The molecule has 0 spiro atoms. The molecule has 5 N–H and O–H groups in total. The Hall–Kier alpha value is -5.34. The molecule has 0 saturated carbocycles. The molecule has 0 aliphatic carbocycles. The molecule has 3 rings (SSSR count). The van der Waals surface area contributed by atoms with E-state index in [1.54, 1.807) is 59.7 Å². The van der Waals surface area contributed by atoms with Crippen LogP contribution in [-0.2, 0) is 37.0 Å². The number of guanidine groups is 1. The predicted molar refractivity (Wildman–Crippen MR) is 196 cm³/mol. The lowest BCUT2D eigenvalue weighted by molar-refractivity contribution is -0.169. The number of carbonyl (C=O) groups excluding carboxylic acids is 3. The van der Waals surface area contributed by atoms with Gasteiger partial charge in [-0.2, -0.15) is 18.2 Å². The van der Waals surface area contributed by atoms with E-state index >= 15 is 0 Å². The summed E-state index contributed by atoms with van der Waals surface area (Å²) in [4.78, 5) is 63.8. The molecule has 2 aromatic rings. The van der Waals surface area contributed by atoms with Gasteiger partial charge < -0.3 is 50.3 Å². The van der Waals surface area contributed by atoms with E-state index < -0.39 is 47.2 Å². The number of oxime groups is 1. The molecule has 0 saturated heterocycles. The third-order valence-electron chi connectivity index (χ3n) is 7.02. The fraction of sp³-hybridized carbons (Fsp3) is 0.559. The molecule has 3 amide bonds. The van der Waals surface area contributed by atoms with E-state index in [2.05, 4.69) is 25.8 Å². The number of aliphatic carboxylic acids is 1. The number of hydrogen-bond donors (Lipinski definition) is 4. The lowest BCUT2D eigenvalue weighted by atomic mass is 10.1. The number of halogens is 3. The minimum atomic E-state index is -5.24. The van der Waals surface area contributed by atoms with Gasteiger partial charge in [-0.3, -0.25) is 4.79 Å². The molecule has 1 aromatic heterocycles. The number of alkyl carbamates (subject to hydrolysis) is 2. The molecule has 2 heterocycles. The quantitative estimate of drug-likeness (QED) is 0.0845. The average molecular weight is 801 g/mol. The van der Waals surface area contributed by atoms with Crippen molar-refractivity contribution in [2.24, 2.45) is 10.1 Å². The maximum absolute atomic E-state index is 13.6. The number of alkyl halides is 3. The van der Waals surface area contributed by atoms with Crippen LogP contribution in [0.5, 0.6) is 5.75 Å². The summed E-state index contributed by atoms with van der Waals surface area (Å²) in [5.41, 5.74) is 5.14. The number of nitrogens with one attached hydrogen (secondary N) is 2. The van der Waals surface area contributed by atoms with Gasteiger partial charge in [0.1, 0.15) is 29.3 Å². The Kier molecular flexibility index (Phi) is 15.5. The summed E-state index contributed by atoms with van der Waals surface area (Å²) in [7, 11) is 0. The number of ether oxygens (including phenoxy) is 3. The average Bonchev–Trinajstić information content (AvgIpc) is 3.67. The molecule has 0 fully saturated rings. The molecule has 21 heteroatoms. The number of nitrogen functional groups attached to an aromatic ring is 1. The van der Waals surface area contributed by atoms with Crippen molar-refractivity contribution in [3.05, 3.63) is 40.4 Å². The molecule has 0 bridgehead atoms. The number of amides is 3. The van der Waals surface area contributed by atoms with Crippen LogP contribution in [0.15, 0.2) is 33.7 Å². The summed E-state index contributed by atoms with van der Waals surface area (Å²) >= 11 is 1.05. The summed E-state index contributed by atoms with van der Waals surface area (Å²) in [6.45, 7) is 10.6. The Morgan fingerprint density at radius 2 is 1.53 bits per heavy atom.